The van der Waals surface area contributed by atoms with Crippen molar-refractivity contribution in [2.75, 3.05) is 24.0 Å². The highest BCUT2D eigenvalue weighted by Gasteiger charge is 2.77. The molecule has 1 saturated carbocycles. The number of phenolic OH excluding ortho intramolecular Hbond substituents is 1. The van der Waals surface area contributed by atoms with Crippen LogP contribution in [0.1, 0.15) is 24.3 Å². The number of aromatic hydroxyl groups is 1. The average Bonchev–Trinajstić information content (AvgIpc) is 3.42. The third-order valence-electron chi connectivity index (χ3n) is 10.2. The molecule has 2 aliphatic carbocycles. The number of allylic oxidation sites excluding steroid dienone is 2. The number of halogens is 3. The normalized spacial score (nSPS) is 29.0. The van der Waals surface area contributed by atoms with Crippen molar-refractivity contribution in [3.8, 4) is 17.2 Å². The number of hydrogen-bond acceptors (Lipinski definition) is 9. The standard InChI is InChI=1S/C34H28BCl2FN2O9/c1-48-20-13-24(41)27(25(14-20)49-2)28-21-10-11-22-26(30(43)39(29(22)42)19-5-3-4-16(12-19)35(46)47)23(21)15-33(36)31(44)40(32(45)34(28,33)37)18-8-6-17(38)7-9-18/h3-10,12-14,22-23,26,28,41,46-47H,11,15H2,1-2H3/t22-,23+,26-,28+,33+,34-/m0/s1. The minimum Gasteiger partial charge on any atom is -0.507 e. The number of carbonyl (C=O) groups is 4. The number of fused-ring (bicyclic) bond motifs is 4. The Morgan fingerprint density at radius 1 is 0.878 bits per heavy atom. The number of alkyl halides is 2. The second-order valence-electron chi connectivity index (χ2n) is 12.5. The van der Waals surface area contributed by atoms with Crippen LogP contribution in [0.5, 0.6) is 17.2 Å². The largest absolute Gasteiger partial charge is 0.507 e. The van der Waals surface area contributed by atoms with E-state index >= 15 is 0 Å². The zero-order chi connectivity index (χ0) is 35.2. The molecule has 11 nitrogen and oxygen atoms in total. The van der Waals surface area contributed by atoms with Crippen molar-refractivity contribution in [2.24, 2.45) is 17.8 Å². The minimum absolute atomic E-state index is 0.00888. The van der Waals surface area contributed by atoms with Crippen molar-refractivity contribution >= 4 is 70.8 Å². The number of benzene rings is 3. The summed E-state index contributed by atoms with van der Waals surface area (Å²) in [4.78, 5) is 54.5. The van der Waals surface area contributed by atoms with Crippen molar-refractivity contribution in [2.45, 2.75) is 28.5 Å². The third-order valence-corrected chi connectivity index (χ3v) is 11.6. The summed E-state index contributed by atoms with van der Waals surface area (Å²) in [5.41, 5.74) is 0.609. The molecular formula is C34H28BCl2FN2O9. The lowest BCUT2D eigenvalue weighted by Crippen LogP contribution is -2.60. The molecule has 0 radical (unpaired) electrons. The fourth-order valence-electron chi connectivity index (χ4n) is 7.96. The number of imide groups is 2. The number of phenols is 1. The highest BCUT2D eigenvalue weighted by molar-refractivity contribution is 6.59. The van der Waals surface area contributed by atoms with Gasteiger partial charge < -0.3 is 24.6 Å². The predicted molar refractivity (Wildman–Crippen MR) is 177 cm³/mol. The number of rotatable bonds is 6. The average molecular weight is 709 g/mol. The Hall–Kier alpha value is -4.43. The molecule has 6 atom stereocenters. The van der Waals surface area contributed by atoms with Crippen molar-refractivity contribution in [3.05, 3.63) is 83.7 Å². The van der Waals surface area contributed by atoms with E-state index in [0.717, 1.165) is 21.9 Å². The first-order chi connectivity index (χ1) is 23.3. The topological polar surface area (TPSA) is 154 Å². The number of ether oxygens (including phenoxy) is 2. The first-order valence-corrected chi connectivity index (χ1v) is 16.0. The van der Waals surface area contributed by atoms with Crippen molar-refractivity contribution in [1.82, 2.24) is 0 Å². The van der Waals surface area contributed by atoms with E-state index in [0.29, 0.717) is 5.57 Å². The molecule has 3 aromatic carbocycles. The fraction of sp³-hybridized carbons (Fsp3) is 0.294. The Balaban J connectivity index is 1.42. The number of anilines is 2. The van der Waals surface area contributed by atoms with Gasteiger partial charge in [-0.3, -0.25) is 24.1 Å². The van der Waals surface area contributed by atoms with E-state index in [4.69, 9.17) is 32.7 Å². The summed E-state index contributed by atoms with van der Waals surface area (Å²) >= 11 is 14.8. The molecule has 2 saturated heterocycles. The molecule has 4 amide bonds. The molecule has 3 fully saturated rings. The van der Waals surface area contributed by atoms with Gasteiger partial charge in [-0.1, -0.05) is 23.8 Å². The quantitative estimate of drug-likeness (QED) is 0.152. The van der Waals surface area contributed by atoms with Gasteiger partial charge >= 0.3 is 7.12 Å². The lowest BCUT2D eigenvalue weighted by molar-refractivity contribution is -0.125. The molecule has 0 aromatic heterocycles. The summed E-state index contributed by atoms with van der Waals surface area (Å²) in [7, 11) is 0.864. The van der Waals surface area contributed by atoms with Crippen LogP contribution in [0.25, 0.3) is 0 Å². The van der Waals surface area contributed by atoms with E-state index in [-0.39, 0.29) is 52.5 Å². The Morgan fingerprint density at radius 2 is 1.59 bits per heavy atom. The van der Waals surface area contributed by atoms with Crippen LogP contribution in [0.2, 0.25) is 0 Å². The van der Waals surface area contributed by atoms with Crippen LogP contribution in [0.3, 0.4) is 0 Å². The van der Waals surface area contributed by atoms with Gasteiger partial charge in [-0.25, -0.2) is 9.29 Å². The monoisotopic (exact) mass is 708 g/mol. The highest BCUT2D eigenvalue weighted by atomic mass is 35.5. The zero-order valence-electron chi connectivity index (χ0n) is 26.0. The maximum absolute atomic E-state index is 14.6. The molecule has 2 heterocycles. The Labute approximate surface area is 289 Å². The summed E-state index contributed by atoms with van der Waals surface area (Å²) in [6, 6.07) is 13.1. The zero-order valence-corrected chi connectivity index (χ0v) is 27.5. The minimum atomic E-state index is -2.30. The van der Waals surface area contributed by atoms with Crippen molar-refractivity contribution in [3.63, 3.8) is 0 Å². The van der Waals surface area contributed by atoms with Crippen LogP contribution in [-0.2, 0) is 19.2 Å². The number of hydrogen-bond donors (Lipinski definition) is 3. The van der Waals surface area contributed by atoms with E-state index in [1.165, 1.54) is 62.8 Å². The molecule has 3 N–H and O–H groups in total. The molecule has 49 heavy (non-hydrogen) atoms. The second-order valence-corrected chi connectivity index (χ2v) is 13.7. The van der Waals surface area contributed by atoms with Crippen LogP contribution >= 0.6 is 23.2 Å². The summed E-state index contributed by atoms with van der Waals surface area (Å²) in [6.07, 6.45) is 1.40. The number of nitrogens with zero attached hydrogens (tertiary/aromatic N) is 2. The van der Waals surface area contributed by atoms with E-state index in [9.17, 15) is 38.7 Å². The molecule has 0 unspecified atom stereocenters. The van der Waals surface area contributed by atoms with Gasteiger partial charge in [0.05, 0.1) is 37.4 Å². The van der Waals surface area contributed by atoms with Gasteiger partial charge in [-0.15, -0.1) is 23.2 Å². The Kier molecular flexibility index (Phi) is 7.82. The fourth-order valence-corrected chi connectivity index (χ4v) is 8.88. The van der Waals surface area contributed by atoms with Crippen LogP contribution in [0.4, 0.5) is 15.8 Å². The van der Waals surface area contributed by atoms with E-state index in [1.807, 2.05) is 0 Å². The van der Waals surface area contributed by atoms with E-state index in [2.05, 4.69) is 0 Å². The summed E-state index contributed by atoms with van der Waals surface area (Å²) < 4.78 is 24.9. The Bertz CT molecular complexity index is 1980. The van der Waals surface area contributed by atoms with E-state index in [1.54, 1.807) is 6.08 Å². The highest BCUT2D eigenvalue weighted by Crippen LogP contribution is 2.67. The van der Waals surface area contributed by atoms with Gasteiger partial charge in [-0.2, -0.15) is 0 Å². The second kappa shape index (κ2) is 11.6. The van der Waals surface area contributed by atoms with Crippen molar-refractivity contribution < 1.29 is 48.2 Å². The maximum Gasteiger partial charge on any atom is 0.488 e. The number of methoxy groups -OCH3 is 2. The first-order valence-electron chi connectivity index (χ1n) is 15.3. The predicted octanol–water partition coefficient (Wildman–Crippen LogP) is 3.00. The van der Waals surface area contributed by atoms with Crippen molar-refractivity contribution in [1.29, 1.82) is 0 Å². The van der Waals surface area contributed by atoms with E-state index < -0.39 is 70.0 Å². The maximum atomic E-state index is 14.6. The lowest BCUT2D eigenvalue weighted by atomic mass is 9.56. The molecule has 2 aliphatic heterocycles. The number of amides is 4. The summed E-state index contributed by atoms with van der Waals surface area (Å²) in [5.74, 6) is -7.98. The molecule has 7 rings (SSSR count). The molecule has 15 heteroatoms. The van der Waals surface area contributed by atoms with Gasteiger partial charge in [-0.05, 0) is 60.6 Å². The molecular weight excluding hydrogens is 681 g/mol. The Morgan fingerprint density at radius 3 is 2.24 bits per heavy atom. The summed E-state index contributed by atoms with van der Waals surface area (Å²) in [5, 5.41) is 31.0. The van der Waals surface area contributed by atoms with Gasteiger partial charge in [0.1, 0.15) is 23.1 Å². The van der Waals surface area contributed by atoms with Gasteiger partial charge in [0.15, 0.2) is 9.75 Å². The van der Waals surface area contributed by atoms with Gasteiger partial charge in [0, 0.05) is 23.6 Å². The molecule has 252 valence electrons. The summed E-state index contributed by atoms with van der Waals surface area (Å²) in [6.45, 7) is 0. The molecule has 4 aliphatic rings. The molecule has 0 spiro atoms. The number of carbonyl (C=O) groups excluding carboxylic acids is 4. The molecule has 3 aromatic rings. The van der Waals surface area contributed by atoms with Crippen LogP contribution in [0, 0.1) is 23.6 Å². The van der Waals surface area contributed by atoms with Crippen LogP contribution in [0.15, 0.2) is 72.3 Å². The first kappa shape index (κ1) is 33.1. The SMILES string of the molecule is COc1cc(O)c([C@H]2C3=CC[C@@H]4C(=O)N(c5cccc(B(O)O)c5)C(=O)[C@@H]4[C@@H]3C[C@@]3(Cl)C(=O)N(c4ccc(F)cc4)C(=O)[C@@]23Cl)c(OC)c1. The van der Waals surface area contributed by atoms with Gasteiger partial charge in [0.25, 0.3) is 11.8 Å². The third kappa shape index (κ3) is 4.56. The van der Waals surface area contributed by atoms with Crippen LogP contribution < -0.4 is 24.7 Å². The van der Waals surface area contributed by atoms with Crippen LogP contribution in [-0.4, -0.2) is 69.9 Å². The van der Waals surface area contributed by atoms with Gasteiger partial charge in [0.2, 0.25) is 11.8 Å². The molecule has 0 bridgehead atoms. The smallest absolute Gasteiger partial charge is 0.488 e. The lowest BCUT2D eigenvalue weighted by Gasteiger charge is -2.50.